The summed E-state index contributed by atoms with van der Waals surface area (Å²) in [6.45, 7) is 0.516. The maximum Gasteiger partial charge on any atom is 0.474 e. The molecule has 0 radical (unpaired) electrons. The number of hydrogen-bond acceptors (Lipinski definition) is 4. The van der Waals surface area contributed by atoms with Gasteiger partial charge in [0.25, 0.3) is 0 Å². The molecular weight excluding hydrogens is 888 g/mol. The van der Waals surface area contributed by atoms with Crippen molar-refractivity contribution in [2.75, 3.05) is 19.8 Å². The van der Waals surface area contributed by atoms with Crippen molar-refractivity contribution in [3.05, 3.63) is 320 Å². The van der Waals surface area contributed by atoms with Gasteiger partial charge in [0.2, 0.25) is 0 Å². The molecule has 0 heterocycles. The molecule has 0 atom stereocenters. The van der Waals surface area contributed by atoms with E-state index in [1.165, 1.54) is 66.8 Å². The summed E-state index contributed by atoms with van der Waals surface area (Å²) in [6, 6.07) is 83.3. The minimum Gasteiger partial charge on any atom is -0.287 e. The molecule has 0 fully saturated rings. The Morgan fingerprint density at radius 2 is 0.451 bits per heavy atom. The van der Waals surface area contributed by atoms with Gasteiger partial charge in [-0.2, -0.15) is 0 Å². The van der Waals surface area contributed by atoms with Crippen molar-refractivity contribution in [3.63, 3.8) is 0 Å². The number of rotatable bonds is 24. The molecule has 9 aromatic rings. The third kappa shape index (κ3) is 14.4. The predicted octanol–water partition coefficient (Wildman–Crippen LogP) is 15.4. The fourth-order valence-electron chi connectivity index (χ4n) is 9.71. The van der Waals surface area contributed by atoms with Gasteiger partial charge in [-0.15, -0.1) is 0 Å². The third-order valence-corrected chi connectivity index (χ3v) is 14.9. The molecule has 0 bridgehead atoms. The highest BCUT2D eigenvalue weighted by molar-refractivity contribution is 7.48. The van der Waals surface area contributed by atoms with Crippen molar-refractivity contribution in [2.24, 2.45) is 0 Å². The first-order chi connectivity index (χ1) is 35.0. The molecule has 0 amide bonds. The Balaban J connectivity index is 0.973. The van der Waals surface area contributed by atoms with Crippen molar-refractivity contribution >= 4 is 7.82 Å². The molecule has 0 aliphatic heterocycles. The van der Waals surface area contributed by atoms with Crippen molar-refractivity contribution < 1.29 is 18.1 Å². The summed E-state index contributed by atoms with van der Waals surface area (Å²) in [5.41, 5.74) is 18.6. The van der Waals surface area contributed by atoms with Crippen LogP contribution in [0.1, 0.15) is 83.5 Å². The summed E-state index contributed by atoms with van der Waals surface area (Å²) < 4.78 is 34.5. The van der Waals surface area contributed by atoms with E-state index < -0.39 is 7.82 Å². The summed E-state index contributed by atoms with van der Waals surface area (Å²) in [5.74, 6) is 0. The van der Waals surface area contributed by atoms with Gasteiger partial charge in [-0.1, -0.05) is 237 Å². The lowest BCUT2D eigenvalue weighted by Crippen LogP contribution is -2.11. The Morgan fingerprint density at radius 1 is 0.239 bits per heavy atom. The zero-order valence-electron chi connectivity index (χ0n) is 40.6. The lowest BCUT2D eigenvalue weighted by Gasteiger charge is -2.21. The summed E-state index contributed by atoms with van der Waals surface area (Å²) in [7, 11) is -4.07. The monoisotopic (exact) mass is 950 g/mol. The largest absolute Gasteiger partial charge is 0.474 e. The van der Waals surface area contributed by atoms with E-state index >= 15 is 4.57 Å². The van der Waals surface area contributed by atoms with E-state index in [1.807, 2.05) is 0 Å². The maximum absolute atomic E-state index is 15.2. The van der Waals surface area contributed by atoms with Crippen LogP contribution in [0.4, 0.5) is 0 Å². The van der Waals surface area contributed by atoms with E-state index in [1.54, 1.807) is 0 Å². The van der Waals surface area contributed by atoms with Crippen LogP contribution in [0, 0.1) is 0 Å². The van der Waals surface area contributed by atoms with Gasteiger partial charge in [-0.3, -0.25) is 13.6 Å². The van der Waals surface area contributed by atoms with Gasteiger partial charge in [0, 0.05) is 0 Å². The van der Waals surface area contributed by atoms with Gasteiger partial charge < -0.3 is 0 Å². The molecule has 5 heteroatoms. The Labute approximate surface area is 421 Å². The summed E-state index contributed by atoms with van der Waals surface area (Å²) in [6.07, 6.45) is 6.46. The van der Waals surface area contributed by atoms with Crippen molar-refractivity contribution in [2.45, 2.75) is 57.8 Å². The molecule has 9 rings (SSSR count). The van der Waals surface area contributed by atoms with Crippen LogP contribution in [0.2, 0.25) is 0 Å². The molecule has 0 spiro atoms. The van der Waals surface area contributed by atoms with Crippen LogP contribution in [0.5, 0.6) is 0 Å². The van der Waals surface area contributed by atoms with Gasteiger partial charge in [-0.05, 0) is 141 Å². The Kier molecular flexibility index (Phi) is 17.5. The molecule has 0 saturated carbocycles. The normalized spacial score (nSPS) is 11.4. The van der Waals surface area contributed by atoms with Crippen molar-refractivity contribution in [1.82, 2.24) is 0 Å². The Bertz CT molecular complexity index is 2740. The first kappa shape index (κ1) is 49.1. The maximum atomic E-state index is 15.2. The fourth-order valence-corrected chi connectivity index (χ4v) is 10.9. The molecular formula is C66H63O4P. The van der Waals surface area contributed by atoms with Crippen molar-refractivity contribution in [3.8, 4) is 0 Å². The Hall–Kier alpha value is -6.91. The summed E-state index contributed by atoms with van der Waals surface area (Å²) in [4.78, 5) is 0. The van der Waals surface area contributed by atoms with E-state index in [9.17, 15) is 0 Å². The molecule has 0 unspecified atom stereocenters. The molecule has 0 aliphatic carbocycles. The topological polar surface area (TPSA) is 44.8 Å². The molecule has 0 aromatic heterocycles. The van der Waals surface area contributed by atoms with Crippen LogP contribution in [-0.2, 0) is 75.9 Å². The second kappa shape index (κ2) is 25.3. The number of benzene rings is 9. The van der Waals surface area contributed by atoms with Crippen LogP contribution in [0.25, 0.3) is 0 Å². The first-order valence-electron chi connectivity index (χ1n) is 25.1. The van der Waals surface area contributed by atoms with Crippen LogP contribution >= 0.6 is 7.82 Å². The summed E-state index contributed by atoms with van der Waals surface area (Å²) >= 11 is 0. The first-order valence-corrected chi connectivity index (χ1v) is 26.6. The molecule has 71 heavy (non-hydrogen) atoms. The van der Waals surface area contributed by atoms with Crippen molar-refractivity contribution in [1.29, 1.82) is 0 Å². The average molecular weight is 951 g/mol. The van der Waals surface area contributed by atoms with Gasteiger partial charge in [-0.25, -0.2) is 4.57 Å². The van der Waals surface area contributed by atoms with Crippen LogP contribution < -0.4 is 0 Å². The zero-order valence-corrected chi connectivity index (χ0v) is 41.5. The molecule has 9 aromatic carbocycles. The highest BCUT2D eigenvalue weighted by Gasteiger charge is 2.28. The van der Waals surface area contributed by atoms with Gasteiger partial charge >= 0.3 is 7.82 Å². The standard InChI is InChI=1S/C66H63O4P/c67-71(68-43-40-58-34-19-37-61(46-52-22-7-1-8-23-52)64(58)49-55-28-13-4-14-29-55,69-44-41-59-35-20-38-62(47-53-24-9-2-10-25-53)65(59)50-56-30-15-5-16-31-56)70-45-42-60-36-21-39-63(48-54-26-11-3-12-27-54)66(60)51-57-32-17-6-18-33-57/h1-39H,40-51H2. The highest BCUT2D eigenvalue weighted by atomic mass is 31.2. The number of phosphoric acid groups is 1. The van der Waals surface area contributed by atoms with E-state index in [0.717, 1.165) is 55.2 Å². The zero-order chi connectivity index (χ0) is 48.3. The average Bonchev–Trinajstić information content (AvgIpc) is 3.41. The van der Waals surface area contributed by atoms with E-state index in [0.29, 0.717) is 19.3 Å². The lowest BCUT2D eigenvalue weighted by atomic mass is 9.90. The number of phosphoric ester groups is 1. The minimum atomic E-state index is -4.07. The second-order valence-electron chi connectivity index (χ2n) is 18.3. The Morgan fingerprint density at radius 3 is 0.690 bits per heavy atom. The predicted molar refractivity (Wildman–Crippen MR) is 291 cm³/mol. The summed E-state index contributed by atoms with van der Waals surface area (Å²) in [5, 5.41) is 0. The van der Waals surface area contributed by atoms with Gasteiger partial charge in [0.1, 0.15) is 0 Å². The van der Waals surface area contributed by atoms with Crippen LogP contribution in [0.15, 0.2) is 237 Å². The third-order valence-electron chi connectivity index (χ3n) is 13.4. The van der Waals surface area contributed by atoms with Crippen LogP contribution in [0.3, 0.4) is 0 Å². The molecule has 0 saturated heterocycles. The molecule has 356 valence electrons. The second-order valence-corrected chi connectivity index (χ2v) is 20.0. The quantitative estimate of drug-likeness (QED) is 0.0566. The van der Waals surface area contributed by atoms with Crippen LogP contribution in [-0.4, -0.2) is 19.8 Å². The number of hydrogen-bond donors (Lipinski definition) is 0. The SMILES string of the molecule is O=P(OCCc1cccc(Cc2ccccc2)c1Cc1ccccc1)(OCCc1cccc(Cc2ccccc2)c1Cc1ccccc1)OCCc1cccc(Cc2ccccc2)c1Cc1ccccc1. The smallest absolute Gasteiger partial charge is 0.287 e. The fraction of sp³-hybridized carbons (Fsp3) is 0.182. The van der Waals surface area contributed by atoms with Gasteiger partial charge in [0.05, 0.1) is 19.8 Å². The van der Waals surface area contributed by atoms with E-state index in [4.69, 9.17) is 13.6 Å². The lowest BCUT2D eigenvalue weighted by molar-refractivity contribution is 0.115. The minimum absolute atomic E-state index is 0.172. The molecule has 4 nitrogen and oxygen atoms in total. The molecule has 0 N–H and O–H groups in total. The van der Waals surface area contributed by atoms with E-state index in [2.05, 4.69) is 237 Å². The van der Waals surface area contributed by atoms with E-state index in [-0.39, 0.29) is 19.8 Å². The van der Waals surface area contributed by atoms with Gasteiger partial charge in [0.15, 0.2) is 0 Å². The highest BCUT2D eigenvalue weighted by Crippen LogP contribution is 2.50. The molecule has 0 aliphatic rings.